The maximum atomic E-state index is 12.9. The molecule has 0 saturated heterocycles. The highest BCUT2D eigenvalue weighted by Gasteiger charge is 2.22. The van der Waals surface area contributed by atoms with Crippen LogP contribution in [0.1, 0.15) is 12.5 Å². The number of methoxy groups -OCH3 is 2. The number of anilines is 1. The van der Waals surface area contributed by atoms with E-state index in [0.29, 0.717) is 29.1 Å². The summed E-state index contributed by atoms with van der Waals surface area (Å²) in [4.78, 5) is 11.9. The Balaban J connectivity index is 2.08. The van der Waals surface area contributed by atoms with Crippen molar-refractivity contribution in [3.63, 3.8) is 0 Å². The van der Waals surface area contributed by atoms with Gasteiger partial charge in [0.2, 0.25) is 0 Å². The Labute approximate surface area is 156 Å². The summed E-state index contributed by atoms with van der Waals surface area (Å²) in [6.07, 6.45) is 0. The number of fused-ring (bicyclic) bond motifs is 1. The number of nitrogens with one attached hydrogen (secondary N) is 1. The molecule has 0 atom stereocenters. The van der Waals surface area contributed by atoms with Gasteiger partial charge in [-0.25, -0.2) is 13.2 Å². The number of oxazole rings is 1. The van der Waals surface area contributed by atoms with E-state index in [1.807, 2.05) is 6.92 Å². The van der Waals surface area contributed by atoms with Crippen LogP contribution in [0.5, 0.6) is 11.5 Å². The van der Waals surface area contributed by atoms with E-state index in [2.05, 4.69) is 4.72 Å². The Hall–Kier alpha value is -2.94. The van der Waals surface area contributed by atoms with Crippen LogP contribution < -0.4 is 20.0 Å². The summed E-state index contributed by atoms with van der Waals surface area (Å²) in [5.41, 5.74) is 1.53. The number of nitrogens with zero attached hydrogens (tertiary/aromatic N) is 1. The number of aryl methyl sites for hydroxylation is 2. The molecule has 0 unspecified atom stereocenters. The molecule has 0 aliphatic rings. The summed E-state index contributed by atoms with van der Waals surface area (Å²) in [6, 6.07) is 7.74. The van der Waals surface area contributed by atoms with Crippen molar-refractivity contribution in [2.45, 2.75) is 25.3 Å². The van der Waals surface area contributed by atoms with Gasteiger partial charge in [-0.1, -0.05) is 0 Å². The third kappa shape index (κ3) is 3.37. The highest BCUT2D eigenvalue weighted by molar-refractivity contribution is 7.92. The van der Waals surface area contributed by atoms with Crippen LogP contribution in [0.3, 0.4) is 0 Å². The summed E-state index contributed by atoms with van der Waals surface area (Å²) in [7, 11) is -0.996. The minimum Gasteiger partial charge on any atom is -0.497 e. The lowest BCUT2D eigenvalue weighted by Crippen LogP contribution is -2.15. The zero-order valence-electron chi connectivity index (χ0n) is 15.4. The fourth-order valence-electron chi connectivity index (χ4n) is 2.87. The van der Waals surface area contributed by atoms with Crippen LogP contribution in [-0.4, -0.2) is 27.2 Å². The van der Waals surface area contributed by atoms with Crippen LogP contribution in [-0.2, 0) is 16.6 Å². The second-order valence-electron chi connectivity index (χ2n) is 5.87. The van der Waals surface area contributed by atoms with Gasteiger partial charge in [0.25, 0.3) is 10.0 Å². The smallest absolute Gasteiger partial charge is 0.419 e. The molecule has 0 saturated carbocycles. The Morgan fingerprint density at radius 1 is 1.15 bits per heavy atom. The predicted octanol–water partition coefficient (Wildman–Crippen LogP) is 2.74. The molecule has 144 valence electrons. The molecule has 8 nitrogen and oxygen atoms in total. The first-order valence-corrected chi connectivity index (χ1v) is 9.68. The fourth-order valence-corrected chi connectivity index (χ4v) is 4.18. The minimum absolute atomic E-state index is 0.0184. The maximum Gasteiger partial charge on any atom is 0.419 e. The van der Waals surface area contributed by atoms with Crippen molar-refractivity contribution in [1.82, 2.24) is 4.57 Å². The van der Waals surface area contributed by atoms with Crippen molar-refractivity contribution in [3.05, 3.63) is 46.4 Å². The van der Waals surface area contributed by atoms with Crippen molar-refractivity contribution in [3.8, 4) is 11.5 Å². The van der Waals surface area contributed by atoms with Crippen LogP contribution >= 0.6 is 0 Å². The van der Waals surface area contributed by atoms with Crippen molar-refractivity contribution in [2.24, 2.45) is 0 Å². The molecular formula is C18H20N2O6S. The first-order chi connectivity index (χ1) is 12.8. The summed E-state index contributed by atoms with van der Waals surface area (Å²) < 4.78 is 45.3. The SMILES string of the molecule is CCn1c(=O)oc2cc(S(=O)(=O)Nc3ccc(OC)cc3OC)c(C)cc21. The van der Waals surface area contributed by atoms with E-state index in [9.17, 15) is 13.2 Å². The van der Waals surface area contributed by atoms with Gasteiger partial charge in [0.05, 0.1) is 30.3 Å². The van der Waals surface area contributed by atoms with E-state index in [4.69, 9.17) is 13.9 Å². The van der Waals surface area contributed by atoms with Crippen LogP contribution in [0.25, 0.3) is 11.1 Å². The average molecular weight is 392 g/mol. The average Bonchev–Trinajstić information content (AvgIpc) is 2.95. The Kier molecular flexibility index (Phi) is 4.88. The molecule has 0 aliphatic carbocycles. The third-order valence-corrected chi connectivity index (χ3v) is 5.73. The van der Waals surface area contributed by atoms with E-state index in [-0.39, 0.29) is 16.2 Å². The molecule has 1 aromatic heterocycles. The van der Waals surface area contributed by atoms with Crippen molar-refractivity contribution in [2.75, 3.05) is 18.9 Å². The standard InChI is InChI=1S/C18H20N2O6S/c1-5-20-14-8-11(2)17(10-16(14)26-18(20)21)27(22,23)19-13-7-6-12(24-3)9-15(13)25-4/h6-10,19H,5H2,1-4H3. The number of hydrogen-bond donors (Lipinski definition) is 1. The quantitative estimate of drug-likeness (QED) is 0.692. The van der Waals surface area contributed by atoms with E-state index in [1.165, 1.54) is 24.9 Å². The summed E-state index contributed by atoms with van der Waals surface area (Å²) in [5, 5.41) is 0. The van der Waals surface area contributed by atoms with E-state index in [0.717, 1.165) is 0 Å². The highest BCUT2D eigenvalue weighted by atomic mass is 32.2. The molecule has 2 aromatic carbocycles. The molecule has 0 fully saturated rings. The Morgan fingerprint density at radius 3 is 2.52 bits per heavy atom. The number of aromatic nitrogens is 1. The molecule has 0 amide bonds. The second-order valence-corrected chi connectivity index (χ2v) is 7.52. The summed E-state index contributed by atoms with van der Waals surface area (Å²) in [6.45, 7) is 3.91. The number of ether oxygens (including phenoxy) is 2. The van der Waals surface area contributed by atoms with Gasteiger partial charge in [-0.15, -0.1) is 0 Å². The van der Waals surface area contributed by atoms with E-state index in [1.54, 1.807) is 31.2 Å². The summed E-state index contributed by atoms with van der Waals surface area (Å²) >= 11 is 0. The van der Waals surface area contributed by atoms with Gasteiger partial charge in [-0.3, -0.25) is 9.29 Å². The topological polar surface area (TPSA) is 99.8 Å². The van der Waals surface area contributed by atoms with Crippen molar-refractivity contribution in [1.29, 1.82) is 0 Å². The molecule has 1 N–H and O–H groups in total. The van der Waals surface area contributed by atoms with Gasteiger partial charge in [-0.2, -0.15) is 0 Å². The molecule has 3 rings (SSSR count). The lowest BCUT2D eigenvalue weighted by atomic mass is 10.2. The predicted molar refractivity (Wildman–Crippen MR) is 101 cm³/mol. The molecule has 27 heavy (non-hydrogen) atoms. The van der Waals surface area contributed by atoms with E-state index >= 15 is 0 Å². The summed E-state index contributed by atoms with van der Waals surface area (Å²) in [5.74, 6) is 0.335. The zero-order valence-corrected chi connectivity index (χ0v) is 16.2. The highest BCUT2D eigenvalue weighted by Crippen LogP contribution is 2.32. The van der Waals surface area contributed by atoms with Gasteiger partial charge in [-0.05, 0) is 37.6 Å². The normalized spacial score (nSPS) is 11.6. The van der Waals surface area contributed by atoms with Gasteiger partial charge in [0.1, 0.15) is 11.5 Å². The number of sulfonamides is 1. The Morgan fingerprint density at radius 2 is 1.89 bits per heavy atom. The molecule has 0 spiro atoms. The number of rotatable bonds is 6. The van der Waals surface area contributed by atoms with E-state index < -0.39 is 15.8 Å². The monoisotopic (exact) mass is 392 g/mol. The molecule has 3 aromatic rings. The molecule has 9 heteroatoms. The van der Waals surface area contributed by atoms with Gasteiger partial charge < -0.3 is 13.9 Å². The number of hydrogen-bond acceptors (Lipinski definition) is 6. The molecule has 0 bridgehead atoms. The van der Waals surface area contributed by atoms with Gasteiger partial charge in [0.15, 0.2) is 5.58 Å². The van der Waals surface area contributed by atoms with Crippen molar-refractivity contribution < 1.29 is 22.3 Å². The third-order valence-electron chi connectivity index (χ3n) is 4.22. The van der Waals surface area contributed by atoms with Crippen LogP contribution in [0.4, 0.5) is 5.69 Å². The molecule has 0 aliphatic heterocycles. The lowest BCUT2D eigenvalue weighted by molar-refractivity contribution is 0.395. The Bertz CT molecular complexity index is 1160. The second kappa shape index (κ2) is 6.99. The van der Waals surface area contributed by atoms with Gasteiger partial charge in [0, 0.05) is 18.7 Å². The lowest BCUT2D eigenvalue weighted by Gasteiger charge is -2.14. The minimum atomic E-state index is -3.94. The first-order valence-electron chi connectivity index (χ1n) is 8.19. The largest absolute Gasteiger partial charge is 0.497 e. The van der Waals surface area contributed by atoms with Crippen LogP contribution in [0.15, 0.2) is 44.4 Å². The fraction of sp³-hybridized carbons (Fsp3) is 0.278. The van der Waals surface area contributed by atoms with Crippen LogP contribution in [0, 0.1) is 6.92 Å². The number of benzene rings is 2. The molecule has 1 heterocycles. The molecule has 0 radical (unpaired) electrons. The van der Waals surface area contributed by atoms with Gasteiger partial charge >= 0.3 is 5.76 Å². The first kappa shape index (κ1) is 18.8. The maximum absolute atomic E-state index is 12.9. The molecular weight excluding hydrogens is 372 g/mol. The van der Waals surface area contributed by atoms with Crippen LogP contribution in [0.2, 0.25) is 0 Å². The van der Waals surface area contributed by atoms with Crippen molar-refractivity contribution >= 4 is 26.8 Å². The zero-order chi connectivity index (χ0) is 19.8.